The van der Waals surface area contributed by atoms with Crippen LogP contribution in [0.15, 0.2) is 40.2 Å². The van der Waals surface area contributed by atoms with Crippen LogP contribution in [0.3, 0.4) is 0 Å². The number of nitrogens with two attached hydrogens (primary N) is 2. The van der Waals surface area contributed by atoms with Crippen molar-refractivity contribution in [3.8, 4) is 11.1 Å². The summed E-state index contributed by atoms with van der Waals surface area (Å²) in [6.07, 6.45) is 1.16. The first kappa shape index (κ1) is 18.9. The molecule has 2 aromatic carbocycles. The van der Waals surface area contributed by atoms with Gasteiger partial charge in [-0.3, -0.25) is 11.2 Å². The number of hydrazine groups is 1. The molecule has 2 aromatic rings. The molecule has 7 nitrogen and oxygen atoms in total. The lowest BCUT2D eigenvalue weighted by Crippen LogP contribution is -2.50. The molecule has 26 heavy (non-hydrogen) atoms. The van der Waals surface area contributed by atoms with Gasteiger partial charge in [0.05, 0.1) is 14.9 Å². The Hall–Kier alpha value is -1.84. The zero-order valence-electron chi connectivity index (χ0n) is 14.0. The highest BCUT2D eigenvalue weighted by Gasteiger charge is 2.33. The van der Waals surface area contributed by atoms with Crippen molar-refractivity contribution in [3.63, 3.8) is 0 Å². The Labute approximate surface area is 161 Å². The van der Waals surface area contributed by atoms with E-state index in [4.69, 9.17) is 34.7 Å². The molecule has 138 valence electrons. The number of nitrogens with one attached hydrogen (secondary N) is 2. The molecule has 10 heteroatoms. The van der Waals surface area contributed by atoms with Crippen molar-refractivity contribution >= 4 is 39.0 Å². The minimum absolute atomic E-state index is 0.149. The fourth-order valence-electron chi connectivity index (χ4n) is 2.74. The molecule has 1 atom stereocenters. The molecule has 1 heterocycles. The Bertz CT molecular complexity index is 1020. The quantitative estimate of drug-likeness (QED) is 0.608. The molecule has 0 aliphatic carbocycles. The minimum atomic E-state index is -3.30. The molecular weight excluding hydrogens is 397 g/mol. The fourth-order valence-corrected chi connectivity index (χ4v) is 4.14. The Morgan fingerprint density at radius 3 is 2.23 bits per heavy atom. The van der Waals surface area contributed by atoms with Gasteiger partial charge in [0, 0.05) is 17.4 Å². The Morgan fingerprint density at radius 2 is 1.77 bits per heavy atom. The number of nitrogens with zero attached hydrogens (tertiary/aromatic N) is 1. The first-order valence-electron chi connectivity index (χ1n) is 7.49. The summed E-state index contributed by atoms with van der Waals surface area (Å²) >= 11 is 12.9. The third-order valence-corrected chi connectivity index (χ3v) is 5.76. The highest BCUT2D eigenvalue weighted by atomic mass is 35.5. The van der Waals surface area contributed by atoms with E-state index in [2.05, 4.69) is 15.8 Å². The van der Waals surface area contributed by atoms with Gasteiger partial charge >= 0.3 is 0 Å². The summed E-state index contributed by atoms with van der Waals surface area (Å²) in [7, 11) is -3.30. The van der Waals surface area contributed by atoms with Gasteiger partial charge in [-0.05, 0) is 42.3 Å². The number of hydrogen-bond donors (Lipinski definition) is 4. The van der Waals surface area contributed by atoms with Crippen molar-refractivity contribution in [2.24, 2.45) is 16.5 Å². The van der Waals surface area contributed by atoms with Crippen molar-refractivity contribution in [2.45, 2.75) is 17.6 Å². The smallest absolute Gasteiger partial charge is 0.209 e. The topological polar surface area (TPSA) is 123 Å². The number of halogens is 2. The van der Waals surface area contributed by atoms with Crippen LogP contribution < -0.4 is 22.3 Å². The standard InChI is InChI=1S/C16H17Cl2N5O2S/c1-8-5-10(26(2,24)25)3-4-11(8)14-12(17)6-9(7-13(14)18)16(20)21-15(19)22-23-16/h3-7,23H,20H2,1-2H3,(H3,19,21,22). The summed E-state index contributed by atoms with van der Waals surface area (Å²) in [6, 6.07) is 8.08. The summed E-state index contributed by atoms with van der Waals surface area (Å²) in [6.45, 7) is 1.79. The van der Waals surface area contributed by atoms with Crippen LogP contribution in [-0.2, 0) is 15.6 Å². The lowest BCUT2D eigenvalue weighted by atomic mass is 9.98. The molecule has 1 aliphatic heterocycles. The Kier molecular flexibility index (Phi) is 4.66. The predicted octanol–water partition coefficient (Wildman–Crippen LogP) is 1.86. The van der Waals surface area contributed by atoms with Crippen LogP contribution >= 0.6 is 23.2 Å². The summed E-state index contributed by atoms with van der Waals surface area (Å²) in [4.78, 5) is 4.33. The molecule has 0 spiro atoms. The third-order valence-electron chi connectivity index (χ3n) is 4.06. The van der Waals surface area contributed by atoms with Crippen LogP contribution in [0.2, 0.25) is 10.0 Å². The van der Waals surface area contributed by atoms with Gasteiger partial charge in [0.2, 0.25) is 11.7 Å². The van der Waals surface area contributed by atoms with E-state index in [9.17, 15) is 8.42 Å². The molecule has 6 N–H and O–H groups in total. The lowest BCUT2D eigenvalue weighted by Gasteiger charge is -2.22. The van der Waals surface area contributed by atoms with Crippen LogP contribution in [0.1, 0.15) is 11.1 Å². The van der Waals surface area contributed by atoms with E-state index in [0.717, 1.165) is 17.4 Å². The summed E-state index contributed by atoms with van der Waals surface area (Å²) in [5, 5.41) is 0.713. The minimum Gasteiger partial charge on any atom is -0.369 e. The monoisotopic (exact) mass is 413 g/mol. The SMILES string of the molecule is Cc1cc(S(C)(=O)=O)ccc1-c1c(Cl)cc(C2(N)N=C(N)NN2)cc1Cl. The van der Waals surface area contributed by atoms with Gasteiger partial charge in [0.25, 0.3) is 0 Å². The second-order valence-corrected chi connectivity index (χ2v) is 8.91. The van der Waals surface area contributed by atoms with Crippen molar-refractivity contribution < 1.29 is 8.42 Å². The zero-order valence-corrected chi connectivity index (χ0v) is 16.3. The first-order chi connectivity index (χ1) is 12.0. The zero-order chi connectivity index (χ0) is 19.3. The lowest BCUT2D eigenvalue weighted by molar-refractivity contribution is 0.375. The van der Waals surface area contributed by atoms with Crippen molar-refractivity contribution in [2.75, 3.05) is 6.26 Å². The number of sulfone groups is 1. The van der Waals surface area contributed by atoms with E-state index in [1.807, 2.05) is 0 Å². The first-order valence-corrected chi connectivity index (χ1v) is 10.1. The fraction of sp³-hybridized carbons (Fsp3) is 0.188. The van der Waals surface area contributed by atoms with E-state index < -0.39 is 15.6 Å². The molecule has 0 radical (unpaired) electrons. The predicted molar refractivity (Wildman–Crippen MR) is 104 cm³/mol. The molecule has 0 aromatic heterocycles. The highest BCUT2D eigenvalue weighted by molar-refractivity contribution is 7.90. The number of hydrogen-bond acceptors (Lipinski definition) is 7. The summed E-state index contributed by atoms with van der Waals surface area (Å²) < 4.78 is 23.4. The number of aryl methyl sites for hydroxylation is 1. The van der Waals surface area contributed by atoms with Gasteiger partial charge in [-0.2, -0.15) is 5.43 Å². The molecule has 0 fully saturated rings. The summed E-state index contributed by atoms with van der Waals surface area (Å²) in [5.41, 5.74) is 19.7. The number of benzene rings is 2. The van der Waals surface area contributed by atoms with E-state index in [-0.39, 0.29) is 10.9 Å². The van der Waals surface area contributed by atoms with E-state index >= 15 is 0 Å². The van der Waals surface area contributed by atoms with E-state index in [1.165, 1.54) is 6.07 Å². The maximum atomic E-state index is 11.7. The molecular formula is C16H17Cl2N5O2S. The van der Waals surface area contributed by atoms with Crippen LogP contribution in [0.4, 0.5) is 0 Å². The maximum absolute atomic E-state index is 11.7. The average molecular weight is 414 g/mol. The Balaban J connectivity index is 2.11. The van der Waals surface area contributed by atoms with Gasteiger partial charge in [0.1, 0.15) is 0 Å². The van der Waals surface area contributed by atoms with Gasteiger partial charge in [0.15, 0.2) is 9.84 Å². The normalized spacial score (nSPS) is 20.0. The molecule has 0 amide bonds. The van der Waals surface area contributed by atoms with Gasteiger partial charge in [-0.25, -0.2) is 13.4 Å². The summed E-state index contributed by atoms with van der Waals surface area (Å²) in [5.74, 6) is -1.14. The number of aliphatic imine (C=N–C) groups is 1. The second-order valence-electron chi connectivity index (χ2n) is 6.08. The molecule has 0 bridgehead atoms. The largest absolute Gasteiger partial charge is 0.369 e. The van der Waals surface area contributed by atoms with Gasteiger partial charge in [-0.15, -0.1) is 0 Å². The number of guanidine groups is 1. The molecule has 1 unspecified atom stereocenters. The molecule has 0 saturated heterocycles. The van der Waals surface area contributed by atoms with Crippen LogP contribution in [0.25, 0.3) is 11.1 Å². The molecule has 3 rings (SSSR count). The maximum Gasteiger partial charge on any atom is 0.209 e. The van der Waals surface area contributed by atoms with Gasteiger partial charge in [-0.1, -0.05) is 29.3 Å². The third kappa shape index (κ3) is 3.38. The molecule has 1 aliphatic rings. The van der Waals surface area contributed by atoms with Gasteiger partial charge < -0.3 is 5.73 Å². The van der Waals surface area contributed by atoms with E-state index in [0.29, 0.717) is 21.2 Å². The van der Waals surface area contributed by atoms with Crippen molar-refractivity contribution in [1.29, 1.82) is 0 Å². The van der Waals surface area contributed by atoms with Crippen molar-refractivity contribution in [1.82, 2.24) is 10.9 Å². The van der Waals surface area contributed by atoms with Crippen LogP contribution in [0.5, 0.6) is 0 Å². The van der Waals surface area contributed by atoms with Crippen LogP contribution in [-0.4, -0.2) is 20.6 Å². The van der Waals surface area contributed by atoms with Crippen molar-refractivity contribution in [3.05, 3.63) is 51.5 Å². The molecule has 0 saturated carbocycles. The Morgan fingerprint density at radius 1 is 1.15 bits per heavy atom. The van der Waals surface area contributed by atoms with E-state index in [1.54, 1.807) is 31.2 Å². The highest BCUT2D eigenvalue weighted by Crippen LogP contribution is 2.39. The second kappa shape index (κ2) is 6.40. The van der Waals surface area contributed by atoms with Crippen LogP contribution in [0, 0.1) is 6.92 Å². The average Bonchev–Trinajstić information content (AvgIpc) is 2.87. The number of rotatable bonds is 3.